The van der Waals surface area contributed by atoms with Gasteiger partial charge >= 0.3 is 12.1 Å². The van der Waals surface area contributed by atoms with Crippen LogP contribution in [-0.2, 0) is 4.79 Å². The molecular formula is C23H23F3N6O3. The van der Waals surface area contributed by atoms with Gasteiger partial charge in [0, 0.05) is 36.6 Å². The molecule has 4 heterocycles. The molecule has 2 saturated heterocycles. The van der Waals surface area contributed by atoms with E-state index in [2.05, 4.69) is 32.1 Å². The van der Waals surface area contributed by atoms with Crippen LogP contribution >= 0.6 is 0 Å². The van der Waals surface area contributed by atoms with Crippen molar-refractivity contribution < 1.29 is 27.1 Å². The van der Waals surface area contributed by atoms with Gasteiger partial charge in [-0.1, -0.05) is 6.07 Å². The molecule has 3 aromatic rings. The summed E-state index contributed by atoms with van der Waals surface area (Å²) in [6.45, 7) is 5.46. The second-order valence-electron chi connectivity index (χ2n) is 9.14. The van der Waals surface area contributed by atoms with Crippen LogP contribution in [0.4, 0.5) is 19.1 Å². The van der Waals surface area contributed by atoms with E-state index < -0.39 is 12.1 Å². The summed E-state index contributed by atoms with van der Waals surface area (Å²) in [5, 5.41) is 8.35. The normalized spacial score (nSPS) is 17.9. The Bertz CT molecular complexity index is 1230. The van der Waals surface area contributed by atoms with Gasteiger partial charge in [0.05, 0.1) is 12.4 Å². The summed E-state index contributed by atoms with van der Waals surface area (Å²) in [7, 11) is 2.12. The molecule has 0 atom stereocenters. The molecule has 12 heteroatoms. The molecule has 2 aliphatic rings. The Hall–Kier alpha value is -3.54. The zero-order valence-corrected chi connectivity index (χ0v) is 19.2. The number of hydrogen-bond acceptors (Lipinski definition) is 9. The number of halogens is 3. The number of ether oxygens (including phenoxy) is 1. The highest BCUT2D eigenvalue weighted by Crippen LogP contribution is 2.41. The Kier molecular flexibility index (Phi) is 5.70. The van der Waals surface area contributed by atoms with Crippen LogP contribution in [0, 0.1) is 12.3 Å². The minimum Gasteiger partial charge on any atom is -0.441 e. The number of rotatable bonds is 4. The first-order chi connectivity index (χ1) is 16.6. The fourth-order valence-corrected chi connectivity index (χ4v) is 4.48. The Morgan fingerprint density at radius 2 is 1.86 bits per heavy atom. The molecule has 1 aromatic carbocycles. The minimum absolute atomic E-state index is 0.143. The van der Waals surface area contributed by atoms with Gasteiger partial charge in [0.2, 0.25) is 5.95 Å². The SMILES string of the molecule is Cc1ncc(-c2ccc(-c3cnc(N4CC5(CCN(C)CC5)C4)nn3)c(OC(=O)C(F)(F)F)c2)o1. The van der Waals surface area contributed by atoms with Gasteiger partial charge in [0.1, 0.15) is 11.4 Å². The fourth-order valence-electron chi connectivity index (χ4n) is 4.48. The lowest BCUT2D eigenvalue weighted by molar-refractivity contribution is -0.189. The first-order valence-electron chi connectivity index (χ1n) is 11.1. The summed E-state index contributed by atoms with van der Waals surface area (Å²) in [5.74, 6) is -1.51. The Balaban J connectivity index is 1.39. The lowest BCUT2D eigenvalue weighted by Gasteiger charge is -2.53. The van der Waals surface area contributed by atoms with Crippen LogP contribution in [0.25, 0.3) is 22.6 Å². The van der Waals surface area contributed by atoms with E-state index in [9.17, 15) is 18.0 Å². The monoisotopic (exact) mass is 488 g/mol. The highest BCUT2D eigenvalue weighted by molar-refractivity contribution is 5.82. The maximum atomic E-state index is 12.9. The molecule has 0 amide bonds. The summed E-state index contributed by atoms with van der Waals surface area (Å²) in [5.41, 5.74) is 0.988. The van der Waals surface area contributed by atoms with Gasteiger partial charge in [-0.25, -0.2) is 14.8 Å². The van der Waals surface area contributed by atoms with Crippen LogP contribution in [0.2, 0.25) is 0 Å². The second kappa shape index (κ2) is 8.59. The Labute approximate surface area is 198 Å². The van der Waals surface area contributed by atoms with E-state index in [0.29, 0.717) is 23.2 Å². The van der Waals surface area contributed by atoms with Crippen LogP contribution in [0.1, 0.15) is 18.7 Å². The lowest BCUT2D eigenvalue weighted by Crippen LogP contribution is -2.60. The molecule has 35 heavy (non-hydrogen) atoms. The topological polar surface area (TPSA) is 97.5 Å². The van der Waals surface area contributed by atoms with Crippen LogP contribution < -0.4 is 9.64 Å². The minimum atomic E-state index is -5.16. The third-order valence-corrected chi connectivity index (χ3v) is 6.53. The predicted octanol–water partition coefficient (Wildman–Crippen LogP) is 3.50. The van der Waals surface area contributed by atoms with E-state index in [1.165, 1.54) is 24.5 Å². The number of hydrogen-bond donors (Lipinski definition) is 0. The summed E-state index contributed by atoms with van der Waals surface area (Å²) in [6, 6.07) is 4.36. The third-order valence-electron chi connectivity index (χ3n) is 6.53. The average Bonchev–Trinajstić information content (AvgIpc) is 3.24. The number of nitrogens with zero attached hydrogens (tertiary/aromatic N) is 6. The van der Waals surface area contributed by atoms with Gasteiger partial charge in [-0.15, -0.1) is 10.2 Å². The molecule has 5 rings (SSSR count). The van der Waals surface area contributed by atoms with Gasteiger partial charge in [0.15, 0.2) is 11.7 Å². The molecule has 2 fully saturated rings. The molecule has 0 saturated carbocycles. The van der Waals surface area contributed by atoms with Gasteiger partial charge in [0.25, 0.3) is 0 Å². The summed E-state index contributed by atoms with van der Waals surface area (Å²) < 4.78 is 48.8. The van der Waals surface area contributed by atoms with Gasteiger partial charge in [-0.3, -0.25) is 0 Å². The van der Waals surface area contributed by atoms with Crippen LogP contribution in [-0.4, -0.2) is 70.4 Å². The molecule has 0 N–H and O–H groups in total. The smallest absolute Gasteiger partial charge is 0.441 e. The molecule has 2 aromatic heterocycles. The van der Waals surface area contributed by atoms with Gasteiger partial charge < -0.3 is 19.0 Å². The maximum Gasteiger partial charge on any atom is 0.491 e. The molecule has 9 nitrogen and oxygen atoms in total. The Morgan fingerprint density at radius 1 is 1.11 bits per heavy atom. The molecule has 2 aliphatic heterocycles. The van der Waals surface area contributed by atoms with Crippen LogP contribution in [0.5, 0.6) is 5.75 Å². The van der Waals surface area contributed by atoms with Crippen molar-refractivity contribution in [3.05, 3.63) is 36.5 Å². The number of aromatic nitrogens is 4. The molecule has 0 aliphatic carbocycles. The molecule has 184 valence electrons. The van der Waals surface area contributed by atoms with Crippen LogP contribution in [0.3, 0.4) is 0 Å². The standard InChI is InChI=1S/C23H23F3N6O3/c1-14-27-11-19(34-14)15-3-4-16(18(9-15)35-20(33)23(24,25)26)17-10-28-21(30-29-17)32-12-22(13-32)5-7-31(2)8-6-22/h3-4,9-11H,5-8,12-13H2,1-2H3. The van der Waals surface area contributed by atoms with Crippen molar-refractivity contribution in [3.63, 3.8) is 0 Å². The summed E-state index contributed by atoms with van der Waals surface area (Å²) >= 11 is 0. The van der Waals surface area contributed by atoms with Crippen molar-refractivity contribution in [1.82, 2.24) is 25.1 Å². The number of carbonyl (C=O) groups excluding carboxylic acids is 1. The number of oxazole rings is 1. The van der Waals surface area contributed by atoms with E-state index in [-0.39, 0.29) is 22.4 Å². The highest BCUT2D eigenvalue weighted by Gasteiger charge is 2.45. The van der Waals surface area contributed by atoms with Gasteiger partial charge in [-0.05, 0) is 45.1 Å². The van der Waals surface area contributed by atoms with Crippen molar-refractivity contribution >= 4 is 11.9 Å². The predicted molar refractivity (Wildman–Crippen MR) is 119 cm³/mol. The number of aryl methyl sites for hydroxylation is 1. The largest absolute Gasteiger partial charge is 0.491 e. The average molecular weight is 488 g/mol. The van der Waals surface area contributed by atoms with Crippen molar-refractivity contribution in [1.29, 1.82) is 0 Å². The summed E-state index contributed by atoms with van der Waals surface area (Å²) in [4.78, 5) is 24.3. The maximum absolute atomic E-state index is 12.9. The first kappa shape index (κ1) is 23.2. The molecule has 1 spiro atoms. The second-order valence-corrected chi connectivity index (χ2v) is 9.14. The zero-order chi connectivity index (χ0) is 24.8. The van der Waals surface area contributed by atoms with Gasteiger partial charge in [-0.2, -0.15) is 13.2 Å². The number of benzene rings is 1. The van der Waals surface area contributed by atoms with Crippen molar-refractivity contribution in [3.8, 4) is 28.3 Å². The number of carbonyl (C=O) groups is 1. The molecule has 0 bridgehead atoms. The fraction of sp³-hybridized carbons (Fsp3) is 0.435. The van der Waals surface area contributed by atoms with Crippen molar-refractivity contribution in [2.45, 2.75) is 25.9 Å². The first-order valence-corrected chi connectivity index (χ1v) is 11.1. The third kappa shape index (κ3) is 4.70. The Morgan fingerprint density at radius 3 is 2.46 bits per heavy atom. The number of piperidine rings is 1. The number of anilines is 1. The lowest BCUT2D eigenvalue weighted by atomic mass is 9.72. The number of esters is 1. The van der Waals surface area contributed by atoms with E-state index in [1.807, 2.05) is 4.90 Å². The molecule has 0 unspecified atom stereocenters. The zero-order valence-electron chi connectivity index (χ0n) is 19.2. The van der Waals surface area contributed by atoms with E-state index in [1.54, 1.807) is 13.0 Å². The quantitative estimate of drug-likeness (QED) is 0.404. The van der Waals surface area contributed by atoms with Crippen molar-refractivity contribution in [2.75, 3.05) is 38.1 Å². The molecule has 0 radical (unpaired) electrons. The molecular weight excluding hydrogens is 465 g/mol. The van der Waals surface area contributed by atoms with Crippen LogP contribution in [0.15, 0.2) is 35.0 Å². The summed E-state index contributed by atoms with van der Waals surface area (Å²) in [6.07, 6.45) is -0.0706. The van der Waals surface area contributed by atoms with E-state index in [4.69, 9.17) is 9.15 Å². The van der Waals surface area contributed by atoms with Crippen molar-refractivity contribution in [2.24, 2.45) is 5.41 Å². The highest BCUT2D eigenvalue weighted by atomic mass is 19.4. The number of likely N-dealkylation sites (tertiary alicyclic amines) is 1. The van der Waals surface area contributed by atoms with E-state index in [0.717, 1.165) is 39.0 Å². The number of alkyl halides is 3. The van der Waals surface area contributed by atoms with E-state index >= 15 is 0 Å².